The van der Waals surface area contributed by atoms with Gasteiger partial charge in [0.05, 0.1) is 15.8 Å². The molecule has 1 aromatic carbocycles. The molecule has 0 unspecified atom stereocenters. The molecule has 0 spiro atoms. The molecule has 0 aliphatic heterocycles. The van der Waals surface area contributed by atoms with Crippen LogP contribution in [0.4, 0.5) is 10.6 Å². The second kappa shape index (κ2) is 5.21. The van der Waals surface area contributed by atoms with Gasteiger partial charge in [-0.15, -0.1) is 11.3 Å². The van der Waals surface area contributed by atoms with Crippen LogP contribution in [0, 0.1) is 6.92 Å². The van der Waals surface area contributed by atoms with Gasteiger partial charge in [0, 0.05) is 5.69 Å². The molecule has 0 radical (unpaired) electrons. The number of carbonyl (C=O) groups is 1. The third-order valence-corrected chi connectivity index (χ3v) is 5.30. The van der Waals surface area contributed by atoms with Crippen molar-refractivity contribution in [2.75, 3.05) is 5.73 Å². The number of aromatic nitrogens is 3. The number of anilines is 1. The number of amides is 1. The normalized spacial score (nSPS) is 11.7. The summed E-state index contributed by atoms with van der Waals surface area (Å²) >= 11 is 1.34. The highest BCUT2D eigenvalue weighted by Crippen LogP contribution is 2.35. The molecule has 120 valence electrons. The van der Waals surface area contributed by atoms with Crippen LogP contribution in [0.5, 0.6) is 0 Å². The van der Waals surface area contributed by atoms with Crippen molar-refractivity contribution in [3.05, 3.63) is 23.9 Å². The molecule has 11 heteroatoms. The first kappa shape index (κ1) is 15.2. The number of nitrogens with one attached hydrogen (secondary N) is 1. The summed E-state index contributed by atoms with van der Waals surface area (Å²) in [7, 11) is -4.26. The molecule has 2 aromatic heterocycles. The topological polar surface area (TPSA) is 154 Å². The lowest BCUT2D eigenvalue weighted by Crippen LogP contribution is -2.18. The number of primary amides is 1. The predicted octanol–water partition coefficient (Wildman–Crippen LogP) is 1.36. The average Bonchev–Trinajstić information content (AvgIpc) is 2.99. The highest BCUT2D eigenvalue weighted by atomic mass is 32.2. The van der Waals surface area contributed by atoms with Gasteiger partial charge >= 0.3 is 16.2 Å². The highest BCUT2D eigenvalue weighted by Gasteiger charge is 2.21. The van der Waals surface area contributed by atoms with Crippen molar-refractivity contribution in [2.45, 2.75) is 11.8 Å². The van der Waals surface area contributed by atoms with Crippen LogP contribution in [0.1, 0.15) is 5.69 Å². The zero-order chi connectivity index (χ0) is 16.8. The molecule has 0 saturated carbocycles. The van der Waals surface area contributed by atoms with E-state index in [1.54, 1.807) is 13.0 Å². The monoisotopic (exact) mass is 353 g/mol. The maximum absolute atomic E-state index is 11.8. The number of thiazole rings is 1. The van der Waals surface area contributed by atoms with Crippen LogP contribution in [-0.4, -0.2) is 29.7 Å². The van der Waals surface area contributed by atoms with Crippen LogP contribution < -0.4 is 11.5 Å². The summed E-state index contributed by atoms with van der Waals surface area (Å²) in [5, 5.41) is 7.27. The number of rotatable bonds is 3. The van der Waals surface area contributed by atoms with Crippen LogP contribution >= 0.6 is 11.3 Å². The average molecular weight is 353 g/mol. The molecule has 1 amide bonds. The van der Waals surface area contributed by atoms with Gasteiger partial charge in [0.1, 0.15) is 9.90 Å². The van der Waals surface area contributed by atoms with E-state index in [4.69, 9.17) is 11.5 Å². The summed E-state index contributed by atoms with van der Waals surface area (Å²) in [6.07, 6.45) is -1.40. The Morgan fingerprint density at radius 1 is 1.39 bits per heavy atom. The van der Waals surface area contributed by atoms with E-state index in [0.717, 1.165) is 10.4 Å². The van der Waals surface area contributed by atoms with E-state index in [1.807, 2.05) is 0 Å². The second-order valence-corrected chi connectivity index (χ2v) is 7.19. The van der Waals surface area contributed by atoms with Crippen LogP contribution in [0.3, 0.4) is 0 Å². The predicted molar refractivity (Wildman–Crippen MR) is 84.2 cm³/mol. The molecule has 0 aliphatic rings. The number of aromatic amines is 1. The molecule has 9 nitrogen and oxygen atoms in total. The zero-order valence-corrected chi connectivity index (χ0v) is 13.4. The van der Waals surface area contributed by atoms with E-state index >= 15 is 0 Å². The number of carbonyl (C=O) groups excluding carboxylic acids is 1. The van der Waals surface area contributed by atoms with Crippen LogP contribution in [0.2, 0.25) is 0 Å². The first-order chi connectivity index (χ1) is 10.8. The number of fused-ring (bicyclic) bond motifs is 1. The van der Waals surface area contributed by atoms with Crippen molar-refractivity contribution in [2.24, 2.45) is 5.73 Å². The number of H-pyrrole nitrogens is 1. The van der Waals surface area contributed by atoms with Crippen molar-refractivity contribution in [1.82, 2.24) is 15.2 Å². The van der Waals surface area contributed by atoms with Gasteiger partial charge in [0.2, 0.25) is 0 Å². The largest absolute Gasteiger partial charge is 0.420 e. The third kappa shape index (κ3) is 2.71. The van der Waals surface area contributed by atoms with E-state index in [-0.39, 0.29) is 4.90 Å². The number of nitrogens with two attached hydrogens (primary N) is 2. The summed E-state index contributed by atoms with van der Waals surface area (Å²) < 4.78 is 28.6. The van der Waals surface area contributed by atoms with Gasteiger partial charge in [-0.1, -0.05) is 0 Å². The minimum Gasteiger partial charge on any atom is -0.382 e. The van der Waals surface area contributed by atoms with E-state index in [0.29, 0.717) is 21.9 Å². The van der Waals surface area contributed by atoms with Crippen molar-refractivity contribution in [3.8, 4) is 10.6 Å². The minimum atomic E-state index is -4.26. The lowest BCUT2D eigenvalue weighted by molar-refractivity contribution is 0.212. The lowest BCUT2D eigenvalue weighted by atomic mass is 10.2. The molecule has 23 heavy (non-hydrogen) atoms. The van der Waals surface area contributed by atoms with Crippen molar-refractivity contribution < 1.29 is 17.4 Å². The van der Waals surface area contributed by atoms with Gasteiger partial charge in [-0.05, 0) is 25.1 Å². The Balaban J connectivity index is 2.10. The zero-order valence-electron chi connectivity index (χ0n) is 11.7. The molecule has 3 rings (SSSR count). The van der Waals surface area contributed by atoms with Gasteiger partial charge < -0.3 is 15.7 Å². The van der Waals surface area contributed by atoms with Gasteiger partial charge in [0.25, 0.3) is 0 Å². The van der Waals surface area contributed by atoms with Gasteiger partial charge in [-0.3, -0.25) is 5.10 Å². The molecule has 0 fully saturated rings. The summed E-state index contributed by atoms with van der Waals surface area (Å²) in [6.45, 7) is 1.81. The summed E-state index contributed by atoms with van der Waals surface area (Å²) in [6, 6.07) is 4.19. The molecule has 0 atom stereocenters. The molecule has 2 heterocycles. The van der Waals surface area contributed by atoms with Crippen LogP contribution in [-0.2, 0) is 14.3 Å². The number of nitrogen functional groups attached to an aromatic ring is 1. The van der Waals surface area contributed by atoms with E-state index in [1.165, 1.54) is 23.5 Å². The fourth-order valence-corrected chi connectivity index (χ4v) is 3.90. The Bertz CT molecular complexity index is 1000. The highest BCUT2D eigenvalue weighted by molar-refractivity contribution is 7.87. The van der Waals surface area contributed by atoms with Crippen molar-refractivity contribution >= 4 is 43.6 Å². The SMILES string of the molecule is Cc1[nH]nc(N)c1-c1nc2cc(S(=O)(=O)OC(N)=O)ccc2s1. The molecule has 5 N–H and O–H groups in total. The standard InChI is InChI=1S/C12H11N5O4S2/c1-5-9(10(13)17-16-5)11-15-7-4-6(2-3-8(7)22-11)23(19,20)21-12(14)18/h2-4H,1H3,(H2,14,18)(H3,13,16,17). The smallest absolute Gasteiger partial charge is 0.382 e. The van der Waals surface area contributed by atoms with Gasteiger partial charge in [-0.25, -0.2) is 9.78 Å². The van der Waals surface area contributed by atoms with Crippen LogP contribution in [0.15, 0.2) is 23.1 Å². The number of hydrogen-bond acceptors (Lipinski definition) is 8. The Kier molecular flexibility index (Phi) is 3.45. The molecular formula is C12H11N5O4S2. The van der Waals surface area contributed by atoms with E-state index in [9.17, 15) is 13.2 Å². The fraction of sp³-hybridized carbons (Fsp3) is 0.0833. The number of benzene rings is 1. The fourth-order valence-electron chi connectivity index (χ4n) is 2.04. The number of aryl methyl sites for hydroxylation is 1. The first-order valence-corrected chi connectivity index (χ1v) is 8.46. The molecule has 0 saturated heterocycles. The number of nitrogens with zero attached hydrogens (tertiary/aromatic N) is 2. The summed E-state index contributed by atoms with van der Waals surface area (Å²) in [5.41, 5.74) is 12.4. The maximum atomic E-state index is 11.8. The van der Waals surface area contributed by atoms with Gasteiger partial charge in [0.15, 0.2) is 5.82 Å². The van der Waals surface area contributed by atoms with E-state index in [2.05, 4.69) is 19.4 Å². The van der Waals surface area contributed by atoms with Gasteiger partial charge in [-0.2, -0.15) is 13.5 Å². The Labute approximate surface area is 134 Å². The molecular weight excluding hydrogens is 342 g/mol. The van der Waals surface area contributed by atoms with Crippen molar-refractivity contribution in [1.29, 1.82) is 0 Å². The summed E-state index contributed by atoms with van der Waals surface area (Å²) in [5.74, 6) is 0.312. The Morgan fingerprint density at radius 3 is 2.74 bits per heavy atom. The lowest BCUT2D eigenvalue weighted by Gasteiger charge is -2.02. The minimum absolute atomic E-state index is 0.211. The third-order valence-electron chi connectivity index (χ3n) is 3.03. The first-order valence-electron chi connectivity index (χ1n) is 6.23. The molecule has 0 bridgehead atoms. The Morgan fingerprint density at radius 2 is 2.13 bits per heavy atom. The Hall–Kier alpha value is -2.66. The summed E-state index contributed by atoms with van der Waals surface area (Å²) in [4.78, 5) is 14.8. The van der Waals surface area contributed by atoms with Crippen LogP contribution in [0.25, 0.3) is 20.8 Å². The number of hydrogen-bond donors (Lipinski definition) is 3. The van der Waals surface area contributed by atoms with E-state index < -0.39 is 16.2 Å². The molecule has 3 aromatic rings. The van der Waals surface area contributed by atoms with Crippen molar-refractivity contribution in [3.63, 3.8) is 0 Å². The molecule has 0 aliphatic carbocycles. The second-order valence-electron chi connectivity index (χ2n) is 4.61. The maximum Gasteiger partial charge on any atom is 0.420 e. The quantitative estimate of drug-likeness (QED) is 0.600.